The first-order chi connectivity index (χ1) is 14.7. The summed E-state index contributed by atoms with van der Waals surface area (Å²) in [5.74, 6) is 0.574. The number of alkyl halides is 3. The fraction of sp³-hybridized carbons (Fsp3) is 0.273. The molecule has 0 spiro atoms. The number of anilines is 1. The highest BCUT2D eigenvalue weighted by atomic mass is 19.4. The van der Waals surface area contributed by atoms with Crippen LogP contribution in [0.1, 0.15) is 35.5 Å². The fourth-order valence-electron chi connectivity index (χ4n) is 3.04. The highest BCUT2D eigenvalue weighted by Crippen LogP contribution is 2.32. The number of benzene rings is 2. The topological polar surface area (TPSA) is 65.4 Å². The lowest BCUT2D eigenvalue weighted by atomic mass is 10.2. The molecule has 1 aromatic heterocycles. The minimum Gasteiger partial charge on any atom is -0.494 e. The van der Waals surface area contributed by atoms with Crippen LogP contribution in [-0.4, -0.2) is 28.9 Å². The summed E-state index contributed by atoms with van der Waals surface area (Å²) in [7, 11) is 0. The summed E-state index contributed by atoms with van der Waals surface area (Å²) < 4.78 is 51.4. The summed E-state index contributed by atoms with van der Waals surface area (Å²) in [5, 5.41) is 6.88. The monoisotopic (exact) mass is 433 g/mol. The number of hydrogen-bond donors (Lipinski definition) is 1. The number of carbonyl (C=O) groups excluding carboxylic acids is 1. The summed E-state index contributed by atoms with van der Waals surface area (Å²) in [4.78, 5) is 12.9. The third-order valence-corrected chi connectivity index (χ3v) is 4.48. The van der Waals surface area contributed by atoms with Crippen molar-refractivity contribution in [3.63, 3.8) is 0 Å². The van der Waals surface area contributed by atoms with Crippen LogP contribution < -0.4 is 14.8 Å². The summed E-state index contributed by atoms with van der Waals surface area (Å²) in [5.41, 5.74) is 0.459. The molecule has 164 valence electrons. The van der Waals surface area contributed by atoms with Crippen LogP contribution in [0.2, 0.25) is 0 Å². The van der Waals surface area contributed by atoms with Crippen LogP contribution >= 0.6 is 0 Å². The SMILES string of the molecule is CCOc1ccc(OCC)c(NC(=O)c2cnn(-c3cccc(C(F)(F)F)c3)c2C)c1. The average molecular weight is 433 g/mol. The van der Waals surface area contributed by atoms with Gasteiger partial charge < -0.3 is 14.8 Å². The molecule has 2 aromatic carbocycles. The van der Waals surface area contributed by atoms with E-state index in [-0.39, 0.29) is 11.3 Å². The fourth-order valence-corrected chi connectivity index (χ4v) is 3.04. The van der Waals surface area contributed by atoms with Crippen LogP contribution in [0.5, 0.6) is 11.5 Å². The van der Waals surface area contributed by atoms with Gasteiger partial charge in [-0.2, -0.15) is 18.3 Å². The molecule has 1 amide bonds. The molecule has 6 nitrogen and oxygen atoms in total. The van der Waals surface area contributed by atoms with Crippen molar-refractivity contribution in [1.29, 1.82) is 0 Å². The standard InChI is InChI=1S/C22H22F3N3O3/c1-4-30-17-9-10-20(31-5-2)19(12-17)27-21(29)18-13-26-28(14(18)3)16-8-6-7-15(11-16)22(23,24)25/h6-13H,4-5H2,1-3H3,(H,27,29). The van der Waals surface area contributed by atoms with Gasteiger partial charge in [0.25, 0.3) is 5.91 Å². The molecule has 0 bridgehead atoms. The van der Waals surface area contributed by atoms with Crippen molar-refractivity contribution in [2.45, 2.75) is 26.9 Å². The Balaban J connectivity index is 1.90. The molecule has 3 aromatic rings. The molecule has 31 heavy (non-hydrogen) atoms. The first kappa shape index (κ1) is 22.2. The number of amides is 1. The Kier molecular flexibility index (Phi) is 6.53. The Bertz CT molecular complexity index is 1080. The number of hydrogen-bond acceptors (Lipinski definition) is 4. The summed E-state index contributed by atoms with van der Waals surface area (Å²) in [6, 6.07) is 9.85. The quantitative estimate of drug-likeness (QED) is 0.553. The Morgan fingerprint density at radius 1 is 1.10 bits per heavy atom. The molecule has 0 unspecified atom stereocenters. The molecule has 1 heterocycles. The van der Waals surface area contributed by atoms with Crippen LogP contribution in [0, 0.1) is 6.92 Å². The molecular formula is C22H22F3N3O3. The van der Waals surface area contributed by atoms with E-state index >= 15 is 0 Å². The largest absolute Gasteiger partial charge is 0.494 e. The number of nitrogens with one attached hydrogen (secondary N) is 1. The molecule has 1 N–H and O–H groups in total. The van der Waals surface area contributed by atoms with Crippen molar-refractivity contribution in [2.75, 3.05) is 18.5 Å². The number of rotatable bonds is 7. The van der Waals surface area contributed by atoms with Crippen LogP contribution in [0.15, 0.2) is 48.7 Å². The van der Waals surface area contributed by atoms with Crippen molar-refractivity contribution in [2.24, 2.45) is 0 Å². The Morgan fingerprint density at radius 2 is 1.84 bits per heavy atom. The smallest absolute Gasteiger partial charge is 0.416 e. The minimum atomic E-state index is -4.47. The molecule has 9 heteroatoms. The second-order valence-corrected chi connectivity index (χ2v) is 6.58. The van der Waals surface area contributed by atoms with Crippen LogP contribution in [0.4, 0.5) is 18.9 Å². The van der Waals surface area contributed by atoms with Crippen LogP contribution in [0.25, 0.3) is 5.69 Å². The molecule has 0 fully saturated rings. The van der Waals surface area contributed by atoms with Crippen molar-refractivity contribution in [1.82, 2.24) is 9.78 Å². The van der Waals surface area contributed by atoms with Crippen molar-refractivity contribution in [3.05, 3.63) is 65.5 Å². The van der Waals surface area contributed by atoms with E-state index in [1.807, 2.05) is 13.8 Å². The second kappa shape index (κ2) is 9.11. The molecule has 0 aliphatic heterocycles. The second-order valence-electron chi connectivity index (χ2n) is 6.58. The van der Waals surface area contributed by atoms with Gasteiger partial charge in [0.05, 0.1) is 47.6 Å². The molecular weight excluding hydrogens is 411 g/mol. The van der Waals surface area contributed by atoms with Crippen molar-refractivity contribution in [3.8, 4) is 17.2 Å². The van der Waals surface area contributed by atoms with Gasteiger partial charge in [0, 0.05) is 6.07 Å². The highest BCUT2D eigenvalue weighted by Gasteiger charge is 2.30. The van der Waals surface area contributed by atoms with Gasteiger partial charge in [-0.05, 0) is 51.1 Å². The molecule has 0 saturated heterocycles. The van der Waals surface area contributed by atoms with Gasteiger partial charge in [-0.25, -0.2) is 4.68 Å². The Hall–Kier alpha value is -3.49. The zero-order valence-corrected chi connectivity index (χ0v) is 17.3. The number of aromatic nitrogens is 2. The van der Waals surface area contributed by atoms with E-state index in [9.17, 15) is 18.0 Å². The Morgan fingerprint density at radius 3 is 2.52 bits per heavy atom. The minimum absolute atomic E-state index is 0.208. The molecule has 0 aliphatic rings. The van der Waals surface area contributed by atoms with Gasteiger partial charge in [0.1, 0.15) is 11.5 Å². The number of carbonyl (C=O) groups is 1. The number of halogens is 3. The predicted molar refractivity (Wildman–Crippen MR) is 110 cm³/mol. The van der Waals surface area contributed by atoms with E-state index in [2.05, 4.69) is 10.4 Å². The predicted octanol–water partition coefficient (Wildman–Crippen LogP) is 5.25. The highest BCUT2D eigenvalue weighted by molar-refractivity contribution is 6.05. The van der Waals surface area contributed by atoms with Crippen molar-refractivity contribution < 1.29 is 27.4 Å². The lowest BCUT2D eigenvalue weighted by Gasteiger charge is -2.13. The summed E-state index contributed by atoms with van der Waals surface area (Å²) in [6.07, 6.45) is -3.16. The van der Waals surface area contributed by atoms with Crippen LogP contribution in [0.3, 0.4) is 0 Å². The van der Waals surface area contributed by atoms with E-state index in [0.29, 0.717) is 36.1 Å². The van der Waals surface area contributed by atoms with E-state index in [1.165, 1.54) is 23.0 Å². The van der Waals surface area contributed by atoms with E-state index in [0.717, 1.165) is 12.1 Å². The molecule has 0 atom stereocenters. The number of nitrogens with zero attached hydrogens (tertiary/aromatic N) is 2. The van der Waals surface area contributed by atoms with Gasteiger partial charge in [-0.1, -0.05) is 6.07 Å². The first-order valence-corrected chi connectivity index (χ1v) is 9.67. The van der Waals surface area contributed by atoms with Gasteiger partial charge in [-0.3, -0.25) is 4.79 Å². The van der Waals surface area contributed by atoms with E-state index in [4.69, 9.17) is 9.47 Å². The summed E-state index contributed by atoms with van der Waals surface area (Å²) >= 11 is 0. The van der Waals surface area contributed by atoms with Gasteiger partial charge >= 0.3 is 6.18 Å². The maximum absolute atomic E-state index is 13.0. The number of ether oxygens (including phenoxy) is 2. The van der Waals surface area contributed by atoms with Crippen LogP contribution in [-0.2, 0) is 6.18 Å². The Labute approximate surface area is 177 Å². The molecule has 0 saturated carbocycles. The third-order valence-electron chi connectivity index (χ3n) is 4.48. The van der Waals surface area contributed by atoms with Gasteiger partial charge in [0.2, 0.25) is 0 Å². The van der Waals surface area contributed by atoms with E-state index in [1.54, 1.807) is 25.1 Å². The zero-order chi connectivity index (χ0) is 22.6. The average Bonchev–Trinajstić information content (AvgIpc) is 3.11. The molecule has 0 aliphatic carbocycles. The normalized spacial score (nSPS) is 11.3. The van der Waals surface area contributed by atoms with Crippen molar-refractivity contribution >= 4 is 11.6 Å². The third kappa shape index (κ3) is 4.99. The molecule has 3 rings (SSSR count). The lowest BCUT2D eigenvalue weighted by Crippen LogP contribution is -2.14. The maximum atomic E-state index is 13.0. The van der Waals surface area contributed by atoms with Gasteiger partial charge in [0.15, 0.2) is 0 Å². The van der Waals surface area contributed by atoms with E-state index < -0.39 is 17.6 Å². The first-order valence-electron chi connectivity index (χ1n) is 9.67. The zero-order valence-electron chi connectivity index (χ0n) is 17.3. The maximum Gasteiger partial charge on any atom is 0.416 e. The summed E-state index contributed by atoms with van der Waals surface area (Å²) in [6.45, 7) is 6.15. The van der Waals surface area contributed by atoms with Gasteiger partial charge in [-0.15, -0.1) is 0 Å². The molecule has 0 radical (unpaired) electrons. The lowest BCUT2D eigenvalue weighted by molar-refractivity contribution is -0.137.